The average Bonchev–Trinajstić information content (AvgIpc) is 2.38. The zero-order chi connectivity index (χ0) is 14.0. The third-order valence-corrected chi connectivity index (χ3v) is 5.04. The third-order valence-electron chi connectivity index (χ3n) is 2.42. The summed E-state index contributed by atoms with van der Waals surface area (Å²) >= 11 is 18.0. The first-order valence-corrected chi connectivity index (χ1v) is 7.63. The van der Waals surface area contributed by atoms with Crippen LogP contribution in [0.4, 0.5) is 0 Å². The van der Waals surface area contributed by atoms with Crippen molar-refractivity contribution in [2.75, 3.05) is 7.11 Å². The fraction of sp³-hybridized carbons (Fsp3) is 0.167. The highest BCUT2D eigenvalue weighted by molar-refractivity contribution is 9.10. The number of nitrogens with zero attached hydrogens (tertiary/aromatic N) is 1. The van der Waals surface area contributed by atoms with E-state index in [4.69, 9.17) is 28.6 Å². The van der Waals surface area contributed by atoms with Crippen molar-refractivity contribution in [1.29, 1.82) is 0 Å². The van der Waals surface area contributed by atoms with Gasteiger partial charge in [-0.3, -0.25) is 0 Å². The molecule has 0 bridgehead atoms. The van der Waals surface area contributed by atoms with Crippen LogP contribution in [-0.2, 0) is 11.3 Å². The van der Waals surface area contributed by atoms with Gasteiger partial charge in [-0.05, 0) is 50.1 Å². The summed E-state index contributed by atoms with van der Waals surface area (Å²) in [5.41, 5.74) is 1.75. The Hall–Kier alpha value is -0.270. The van der Waals surface area contributed by atoms with Crippen LogP contribution in [0.5, 0.6) is 0 Å². The van der Waals surface area contributed by atoms with Crippen molar-refractivity contribution in [3.8, 4) is 11.4 Å². The van der Waals surface area contributed by atoms with Crippen LogP contribution < -0.4 is 0 Å². The molecule has 0 radical (unpaired) electrons. The van der Waals surface area contributed by atoms with Crippen LogP contribution in [0.3, 0.4) is 0 Å². The molecule has 0 atom stereocenters. The molecule has 1 aromatic carbocycles. The van der Waals surface area contributed by atoms with Gasteiger partial charge >= 0.3 is 0 Å². The largest absolute Gasteiger partial charge is 0.378 e. The number of hydrogen-bond acceptors (Lipinski definition) is 3. The molecule has 1 heterocycles. The van der Waals surface area contributed by atoms with Gasteiger partial charge in [0.05, 0.1) is 21.8 Å². The summed E-state index contributed by atoms with van der Waals surface area (Å²) in [6, 6.07) is 5.57. The molecule has 2 rings (SSSR count). The molecular formula is C12H9Br2ClN2OS. The van der Waals surface area contributed by atoms with E-state index in [9.17, 15) is 0 Å². The Balaban J connectivity index is 2.56. The fourth-order valence-electron chi connectivity index (χ4n) is 1.53. The lowest BCUT2D eigenvalue weighted by atomic mass is 10.2. The smallest absolute Gasteiger partial charge is 0.144 e. The molecule has 7 heteroatoms. The monoisotopic (exact) mass is 422 g/mol. The van der Waals surface area contributed by atoms with Crippen LogP contribution in [0.2, 0.25) is 5.02 Å². The second-order valence-corrected chi connectivity index (χ2v) is 6.19. The summed E-state index contributed by atoms with van der Waals surface area (Å²) in [6.45, 7) is 0.425. The number of nitrogens with one attached hydrogen (secondary N) is 1. The van der Waals surface area contributed by atoms with Crippen LogP contribution >= 0.6 is 55.7 Å². The number of rotatable bonds is 3. The molecule has 0 aliphatic heterocycles. The summed E-state index contributed by atoms with van der Waals surface area (Å²) in [7, 11) is 1.63. The Bertz CT molecular complexity index is 675. The first-order chi connectivity index (χ1) is 9.02. The summed E-state index contributed by atoms with van der Waals surface area (Å²) in [5.74, 6) is 0.678. The molecule has 1 N–H and O–H groups in total. The average molecular weight is 425 g/mol. The zero-order valence-electron chi connectivity index (χ0n) is 9.84. The van der Waals surface area contributed by atoms with Crippen molar-refractivity contribution >= 4 is 55.7 Å². The minimum atomic E-state index is 0.425. The second kappa shape index (κ2) is 6.45. The van der Waals surface area contributed by atoms with E-state index in [0.29, 0.717) is 22.1 Å². The van der Waals surface area contributed by atoms with Crippen LogP contribution in [0.25, 0.3) is 11.4 Å². The van der Waals surface area contributed by atoms with Crippen molar-refractivity contribution in [2.45, 2.75) is 6.61 Å². The highest BCUT2D eigenvalue weighted by atomic mass is 79.9. The van der Waals surface area contributed by atoms with Crippen molar-refractivity contribution in [1.82, 2.24) is 9.97 Å². The maximum Gasteiger partial charge on any atom is 0.144 e. The maximum absolute atomic E-state index is 5.98. The van der Waals surface area contributed by atoms with Gasteiger partial charge in [0, 0.05) is 17.1 Å². The quantitative estimate of drug-likeness (QED) is 0.694. The van der Waals surface area contributed by atoms with Crippen molar-refractivity contribution in [3.05, 3.63) is 42.5 Å². The molecule has 19 heavy (non-hydrogen) atoms. The highest BCUT2D eigenvalue weighted by Gasteiger charge is 2.09. The Morgan fingerprint density at radius 2 is 2.16 bits per heavy atom. The lowest BCUT2D eigenvalue weighted by molar-refractivity contribution is 0.181. The van der Waals surface area contributed by atoms with Gasteiger partial charge in [-0.15, -0.1) is 0 Å². The maximum atomic E-state index is 5.98. The molecule has 0 saturated heterocycles. The zero-order valence-corrected chi connectivity index (χ0v) is 14.6. The van der Waals surface area contributed by atoms with Crippen LogP contribution in [0.1, 0.15) is 5.69 Å². The predicted molar refractivity (Wildman–Crippen MR) is 86.0 cm³/mol. The minimum Gasteiger partial charge on any atom is -0.378 e. The number of halogens is 3. The van der Waals surface area contributed by atoms with Gasteiger partial charge in [0.2, 0.25) is 0 Å². The molecule has 0 aliphatic rings. The number of methoxy groups -OCH3 is 1. The van der Waals surface area contributed by atoms with Crippen LogP contribution in [0.15, 0.2) is 27.1 Å². The van der Waals surface area contributed by atoms with E-state index < -0.39 is 0 Å². The minimum absolute atomic E-state index is 0.425. The Morgan fingerprint density at radius 3 is 2.79 bits per heavy atom. The Labute approximate surface area is 137 Å². The Morgan fingerprint density at radius 1 is 1.42 bits per heavy atom. The number of H-pyrrole nitrogens is 1. The van der Waals surface area contributed by atoms with E-state index in [1.165, 1.54) is 0 Å². The highest BCUT2D eigenvalue weighted by Crippen LogP contribution is 2.28. The van der Waals surface area contributed by atoms with E-state index in [1.807, 2.05) is 12.1 Å². The van der Waals surface area contributed by atoms with E-state index >= 15 is 0 Å². The first-order valence-electron chi connectivity index (χ1n) is 5.26. The first kappa shape index (κ1) is 15.1. The summed E-state index contributed by atoms with van der Waals surface area (Å²) in [5, 5.41) is 0.650. The standard InChI is InChI=1S/C12H9Br2ClN2OS/c1-18-5-9-10(14)12(19)17-11(16-9)6-2-3-8(15)7(13)4-6/h2-4H,5H2,1H3,(H,16,17,19). The second-order valence-electron chi connectivity index (χ2n) is 3.74. The molecule has 2 aromatic rings. The van der Waals surface area contributed by atoms with Gasteiger partial charge in [-0.2, -0.15) is 0 Å². The summed E-state index contributed by atoms with van der Waals surface area (Å²) in [4.78, 5) is 7.55. The van der Waals surface area contributed by atoms with Gasteiger partial charge < -0.3 is 9.72 Å². The van der Waals surface area contributed by atoms with E-state index in [1.54, 1.807) is 13.2 Å². The van der Waals surface area contributed by atoms with E-state index in [-0.39, 0.29) is 0 Å². The third kappa shape index (κ3) is 3.44. The number of aromatic amines is 1. The topological polar surface area (TPSA) is 37.9 Å². The molecule has 0 fully saturated rings. The summed E-state index contributed by atoms with van der Waals surface area (Å²) in [6.07, 6.45) is 0. The van der Waals surface area contributed by atoms with Crippen molar-refractivity contribution in [2.24, 2.45) is 0 Å². The molecule has 100 valence electrons. The number of benzene rings is 1. The lowest BCUT2D eigenvalue weighted by Crippen LogP contribution is -2.00. The van der Waals surface area contributed by atoms with Gasteiger partial charge in [-0.1, -0.05) is 23.8 Å². The number of ether oxygens (including phenoxy) is 1. The molecule has 0 aliphatic carbocycles. The van der Waals surface area contributed by atoms with Gasteiger partial charge in [0.25, 0.3) is 0 Å². The summed E-state index contributed by atoms with van der Waals surface area (Å²) < 4.78 is 7.18. The molecule has 0 unspecified atom stereocenters. The lowest BCUT2D eigenvalue weighted by Gasteiger charge is -2.08. The van der Waals surface area contributed by atoms with Crippen molar-refractivity contribution in [3.63, 3.8) is 0 Å². The normalized spacial score (nSPS) is 10.7. The van der Waals surface area contributed by atoms with E-state index in [2.05, 4.69) is 41.8 Å². The Kier molecular flexibility index (Phi) is 5.14. The predicted octanol–water partition coefficient (Wildman–Crippen LogP) is 5.13. The van der Waals surface area contributed by atoms with Gasteiger partial charge in [-0.25, -0.2) is 4.98 Å². The molecule has 0 amide bonds. The number of hydrogen-bond donors (Lipinski definition) is 1. The molecule has 0 spiro atoms. The SMILES string of the molecule is COCc1[nH]c(-c2ccc(Cl)c(Br)c2)nc(=S)c1Br. The van der Waals surface area contributed by atoms with E-state index in [0.717, 1.165) is 20.2 Å². The van der Waals surface area contributed by atoms with Gasteiger partial charge in [0.1, 0.15) is 10.5 Å². The van der Waals surface area contributed by atoms with Crippen LogP contribution in [-0.4, -0.2) is 17.1 Å². The molecular weight excluding hydrogens is 415 g/mol. The number of aromatic nitrogens is 2. The molecule has 3 nitrogen and oxygen atoms in total. The van der Waals surface area contributed by atoms with Crippen LogP contribution in [0, 0.1) is 4.64 Å². The van der Waals surface area contributed by atoms with Crippen molar-refractivity contribution < 1.29 is 4.74 Å². The fourth-order valence-corrected chi connectivity index (χ4v) is 2.54. The molecule has 1 aromatic heterocycles. The van der Waals surface area contributed by atoms with Gasteiger partial charge in [0.15, 0.2) is 0 Å². The molecule has 0 saturated carbocycles.